The average Bonchev–Trinajstić information content (AvgIpc) is 2.93. The molecule has 2 heterocycles. The van der Waals surface area contributed by atoms with Crippen molar-refractivity contribution in [3.8, 4) is 0 Å². The highest BCUT2D eigenvalue weighted by molar-refractivity contribution is 7.90. The minimum atomic E-state index is -5.00. The zero-order valence-corrected chi connectivity index (χ0v) is 12.2. The monoisotopic (exact) mass is 344 g/mol. The van der Waals surface area contributed by atoms with E-state index in [-0.39, 0.29) is 32.5 Å². The van der Waals surface area contributed by atoms with Crippen LogP contribution >= 0.6 is 0 Å². The van der Waals surface area contributed by atoms with Gasteiger partial charge in [-0.25, -0.2) is 8.42 Å². The van der Waals surface area contributed by atoms with Gasteiger partial charge in [0, 0.05) is 25.7 Å². The van der Waals surface area contributed by atoms with Crippen LogP contribution in [0.3, 0.4) is 0 Å². The van der Waals surface area contributed by atoms with Gasteiger partial charge in [-0.15, -0.1) is 0 Å². The second kappa shape index (κ2) is 5.69. The molecule has 7 nitrogen and oxygen atoms in total. The summed E-state index contributed by atoms with van der Waals surface area (Å²) >= 11 is 0. The maximum Gasteiger partial charge on any atom is 0.471 e. The second-order valence-electron chi connectivity index (χ2n) is 5.31. The van der Waals surface area contributed by atoms with Crippen molar-refractivity contribution in [3.63, 3.8) is 0 Å². The van der Waals surface area contributed by atoms with Crippen molar-refractivity contribution in [2.75, 3.05) is 19.6 Å². The number of amides is 1. The molecule has 1 amide bonds. The summed E-state index contributed by atoms with van der Waals surface area (Å²) in [5.74, 6) is -3.46. The van der Waals surface area contributed by atoms with E-state index in [0.717, 1.165) is 4.31 Å². The van der Waals surface area contributed by atoms with E-state index in [2.05, 4.69) is 0 Å². The zero-order valence-electron chi connectivity index (χ0n) is 11.4. The molecule has 2 atom stereocenters. The first kappa shape index (κ1) is 17.0. The smallest absolute Gasteiger partial charge is 0.471 e. The van der Waals surface area contributed by atoms with Crippen LogP contribution in [0.4, 0.5) is 13.2 Å². The number of nitrogens with zero attached hydrogens (tertiary/aromatic N) is 2. The van der Waals surface area contributed by atoms with E-state index < -0.39 is 39.4 Å². The maximum absolute atomic E-state index is 12.5. The number of hydrogen-bond donors (Lipinski definition) is 1. The number of carbonyl (C=O) groups is 2. The summed E-state index contributed by atoms with van der Waals surface area (Å²) in [6.07, 6.45) is -4.51. The van der Waals surface area contributed by atoms with Crippen molar-refractivity contribution >= 4 is 21.9 Å². The molecule has 0 aromatic heterocycles. The fraction of sp³-hybridized carbons (Fsp3) is 0.818. The number of carbonyl (C=O) groups excluding carboxylic acids is 1. The second-order valence-corrected chi connectivity index (χ2v) is 7.43. The molecule has 126 valence electrons. The van der Waals surface area contributed by atoms with E-state index in [0.29, 0.717) is 11.3 Å². The number of sulfonamides is 1. The lowest BCUT2D eigenvalue weighted by molar-refractivity contribution is -0.186. The lowest BCUT2D eigenvalue weighted by Crippen LogP contribution is -2.48. The predicted molar refractivity (Wildman–Crippen MR) is 67.3 cm³/mol. The lowest BCUT2D eigenvalue weighted by Gasteiger charge is -2.28. The van der Waals surface area contributed by atoms with Crippen LogP contribution in [0.15, 0.2) is 0 Å². The van der Waals surface area contributed by atoms with Gasteiger partial charge in [-0.1, -0.05) is 0 Å². The van der Waals surface area contributed by atoms with Gasteiger partial charge >= 0.3 is 18.1 Å². The van der Waals surface area contributed by atoms with Gasteiger partial charge in [0.1, 0.15) is 0 Å². The SMILES string of the molecule is O=C(O)C1CCN(C[C@H]2CCCN2C(=O)C(F)(F)F)S1(=O)=O. The molecule has 0 bridgehead atoms. The number of rotatable bonds is 3. The first-order valence-corrected chi connectivity index (χ1v) is 8.15. The lowest BCUT2D eigenvalue weighted by atomic mass is 10.2. The van der Waals surface area contributed by atoms with Gasteiger partial charge in [0.2, 0.25) is 10.0 Å². The highest BCUT2D eigenvalue weighted by Gasteiger charge is 2.49. The molecular formula is C11H15F3N2O5S. The van der Waals surface area contributed by atoms with Crippen molar-refractivity contribution < 1.29 is 36.3 Å². The molecule has 11 heteroatoms. The number of likely N-dealkylation sites (tertiary alicyclic amines) is 1. The summed E-state index contributed by atoms with van der Waals surface area (Å²) in [5.41, 5.74) is 0. The molecule has 0 spiro atoms. The van der Waals surface area contributed by atoms with Crippen LogP contribution in [-0.2, 0) is 19.6 Å². The average molecular weight is 344 g/mol. The summed E-state index contributed by atoms with van der Waals surface area (Å²) < 4.78 is 62.4. The quantitative estimate of drug-likeness (QED) is 0.779. The summed E-state index contributed by atoms with van der Waals surface area (Å²) in [6.45, 7) is -0.447. The number of hydrogen-bond acceptors (Lipinski definition) is 4. The third-order valence-electron chi connectivity index (χ3n) is 3.93. The molecule has 1 N–H and O–H groups in total. The summed E-state index contributed by atoms with van der Waals surface area (Å²) in [5, 5.41) is 7.29. The van der Waals surface area contributed by atoms with Crippen molar-refractivity contribution in [2.24, 2.45) is 0 Å². The van der Waals surface area contributed by atoms with Crippen molar-refractivity contribution in [1.82, 2.24) is 9.21 Å². The van der Waals surface area contributed by atoms with E-state index in [1.54, 1.807) is 0 Å². The Morgan fingerprint density at radius 2 is 1.82 bits per heavy atom. The molecule has 0 saturated carbocycles. The first-order chi connectivity index (χ1) is 10.0. The number of alkyl halides is 3. The van der Waals surface area contributed by atoms with Gasteiger partial charge in [-0.05, 0) is 19.3 Å². The van der Waals surface area contributed by atoms with Crippen LogP contribution in [0, 0.1) is 0 Å². The van der Waals surface area contributed by atoms with E-state index >= 15 is 0 Å². The van der Waals surface area contributed by atoms with Crippen molar-refractivity contribution in [1.29, 1.82) is 0 Å². The van der Waals surface area contributed by atoms with Crippen molar-refractivity contribution in [2.45, 2.75) is 36.7 Å². The molecule has 2 aliphatic heterocycles. The Morgan fingerprint density at radius 3 is 2.32 bits per heavy atom. The number of halogens is 3. The Balaban J connectivity index is 2.11. The fourth-order valence-electron chi connectivity index (χ4n) is 2.85. The molecule has 2 fully saturated rings. The molecule has 0 aromatic carbocycles. The molecular weight excluding hydrogens is 329 g/mol. The Hall–Kier alpha value is -1.36. The summed E-state index contributed by atoms with van der Waals surface area (Å²) in [4.78, 5) is 22.8. The molecule has 0 aliphatic carbocycles. The zero-order chi connectivity index (χ0) is 16.7. The fourth-order valence-corrected chi connectivity index (χ4v) is 4.61. The van der Waals surface area contributed by atoms with Gasteiger partial charge in [-0.3, -0.25) is 9.59 Å². The van der Waals surface area contributed by atoms with E-state index in [1.807, 2.05) is 0 Å². The molecule has 1 unspecified atom stereocenters. The van der Waals surface area contributed by atoms with Gasteiger partial charge < -0.3 is 10.0 Å². The molecule has 0 aromatic rings. The number of carboxylic acid groups (broad SMARTS) is 1. The number of carboxylic acids is 1. The van der Waals surface area contributed by atoms with E-state index in [1.165, 1.54) is 0 Å². The van der Waals surface area contributed by atoms with E-state index in [4.69, 9.17) is 5.11 Å². The van der Waals surface area contributed by atoms with Crippen LogP contribution in [0.25, 0.3) is 0 Å². The molecule has 2 aliphatic rings. The predicted octanol–water partition coefficient (Wildman–Crippen LogP) is 0.0284. The Morgan fingerprint density at radius 1 is 1.18 bits per heavy atom. The normalized spacial score (nSPS) is 29.0. The van der Waals surface area contributed by atoms with Gasteiger partial charge in [0.15, 0.2) is 5.25 Å². The van der Waals surface area contributed by atoms with E-state index in [9.17, 15) is 31.2 Å². The third-order valence-corrected chi connectivity index (χ3v) is 6.14. The first-order valence-electron chi connectivity index (χ1n) is 6.64. The van der Waals surface area contributed by atoms with Gasteiger partial charge in [-0.2, -0.15) is 17.5 Å². The molecule has 2 saturated heterocycles. The highest BCUT2D eigenvalue weighted by atomic mass is 32.2. The minimum Gasteiger partial charge on any atom is -0.480 e. The highest BCUT2D eigenvalue weighted by Crippen LogP contribution is 2.29. The molecule has 2 rings (SSSR count). The van der Waals surface area contributed by atoms with Crippen LogP contribution in [-0.4, -0.2) is 71.7 Å². The molecule has 22 heavy (non-hydrogen) atoms. The van der Waals surface area contributed by atoms with Crippen LogP contribution in [0.5, 0.6) is 0 Å². The maximum atomic E-state index is 12.5. The topological polar surface area (TPSA) is 95.0 Å². The standard InChI is InChI=1S/C11H15F3N2O5S/c12-11(13,14)10(19)16-4-1-2-7(16)6-15-5-3-8(9(17)18)22(15,20)21/h7-8H,1-6H2,(H,17,18)/t7-,8?/m1/s1. The number of aliphatic carboxylic acids is 1. The van der Waals surface area contributed by atoms with Crippen LogP contribution in [0.1, 0.15) is 19.3 Å². The minimum absolute atomic E-state index is 0.0656. The Kier molecular flexibility index (Phi) is 4.39. The van der Waals surface area contributed by atoms with Crippen LogP contribution < -0.4 is 0 Å². The summed E-state index contributed by atoms with van der Waals surface area (Å²) in [6, 6.07) is -0.878. The summed E-state index contributed by atoms with van der Waals surface area (Å²) in [7, 11) is -4.08. The Bertz CT molecular complexity index is 577. The Labute approximate surface area is 124 Å². The molecule has 0 radical (unpaired) electrons. The van der Waals surface area contributed by atoms with Crippen LogP contribution in [0.2, 0.25) is 0 Å². The van der Waals surface area contributed by atoms with Crippen molar-refractivity contribution in [3.05, 3.63) is 0 Å². The third kappa shape index (κ3) is 3.05. The van der Waals surface area contributed by atoms with Gasteiger partial charge in [0.05, 0.1) is 0 Å². The largest absolute Gasteiger partial charge is 0.480 e. The van der Waals surface area contributed by atoms with Gasteiger partial charge in [0.25, 0.3) is 0 Å².